The Kier molecular flexibility index (Phi) is 4.14. The summed E-state index contributed by atoms with van der Waals surface area (Å²) in [7, 11) is 1.83. The van der Waals surface area contributed by atoms with Crippen molar-refractivity contribution < 1.29 is 9.84 Å². The number of fused-ring (bicyclic) bond motifs is 5. The van der Waals surface area contributed by atoms with E-state index in [-0.39, 0.29) is 12.3 Å². The molecule has 0 unspecified atom stereocenters. The average Bonchev–Trinajstić information content (AvgIpc) is 3.05. The maximum Gasteiger partial charge on any atom is 0.258 e. The van der Waals surface area contributed by atoms with E-state index in [1.54, 1.807) is 11.1 Å². The van der Waals surface area contributed by atoms with E-state index in [2.05, 4.69) is 9.97 Å². The van der Waals surface area contributed by atoms with Gasteiger partial charge in [-0.3, -0.25) is 9.69 Å². The molecule has 0 bridgehead atoms. The Hall–Kier alpha value is -2.83. The maximum atomic E-state index is 12.4. The third kappa shape index (κ3) is 2.73. The Morgan fingerprint density at radius 3 is 2.85 bits per heavy atom. The highest BCUT2D eigenvalue weighted by molar-refractivity contribution is 6.20. The molecule has 0 atom stereocenters. The number of hydrogen-bond acceptors (Lipinski definition) is 4. The first-order valence-electron chi connectivity index (χ1n) is 8.57. The van der Waals surface area contributed by atoms with Crippen LogP contribution in [0.1, 0.15) is 5.56 Å². The molecular weight excluding hydrogens is 330 g/mol. The van der Waals surface area contributed by atoms with E-state index in [0.29, 0.717) is 18.5 Å². The van der Waals surface area contributed by atoms with Crippen LogP contribution in [-0.4, -0.2) is 46.9 Å². The van der Waals surface area contributed by atoms with Crippen molar-refractivity contribution in [3.05, 3.63) is 52.4 Å². The maximum absolute atomic E-state index is 12.4. The second-order valence-electron chi connectivity index (χ2n) is 6.62. The van der Waals surface area contributed by atoms with Crippen LogP contribution in [0.4, 0.5) is 0 Å². The topological polar surface area (TPSA) is 81.3 Å². The minimum Gasteiger partial charge on any atom is -0.492 e. The summed E-state index contributed by atoms with van der Waals surface area (Å²) in [5.41, 5.74) is 2.75. The van der Waals surface area contributed by atoms with Crippen LogP contribution < -0.4 is 10.3 Å². The highest BCUT2D eigenvalue weighted by Crippen LogP contribution is 2.33. The molecule has 0 spiro atoms. The lowest BCUT2D eigenvalue weighted by Crippen LogP contribution is -2.24. The number of aromatic amines is 2. The second kappa shape index (κ2) is 6.48. The van der Waals surface area contributed by atoms with Crippen molar-refractivity contribution in [1.82, 2.24) is 14.9 Å². The Morgan fingerprint density at radius 1 is 1.19 bits per heavy atom. The summed E-state index contributed by atoms with van der Waals surface area (Å²) in [5.74, 6) is 0.771. The number of aliphatic hydroxyl groups excluding tert-OH is 1. The van der Waals surface area contributed by atoms with Gasteiger partial charge in [-0.05, 0) is 54.6 Å². The summed E-state index contributed by atoms with van der Waals surface area (Å²) in [4.78, 5) is 20.4. The molecule has 2 aromatic heterocycles. The minimum absolute atomic E-state index is 0.00753. The highest BCUT2D eigenvalue weighted by Gasteiger charge is 2.13. The summed E-state index contributed by atoms with van der Waals surface area (Å²) in [6, 6.07) is 9.93. The van der Waals surface area contributed by atoms with Gasteiger partial charge < -0.3 is 19.8 Å². The van der Waals surface area contributed by atoms with Crippen LogP contribution in [0.15, 0.2) is 41.3 Å². The van der Waals surface area contributed by atoms with Crippen molar-refractivity contribution in [2.45, 2.75) is 6.92 Å². The average molecular weight is 351 g/mol. The number of nitrogens with zero attached hydrogens (tertiary/aromatic N) is 1. The zero-order valence-electron chi connectivity index (χ0n) is 14.8. The molecular formula is C20H21N3O3. The van der Waals surface area contributed by atoms with Crippen LogP contribution in [-0.2, 0) is 0 Å². The van der Waals surface area contributed by atoms with Gasteiger partial charge in [0.15, 0.2) is 0 Å². The van der Waals surface area contributed by atoms with E-state index < -0.39 is 0 Å². The number of ether oxygens (including phenoxy) is 1. The molecule has 2 aromatic carbocycles. The highest BCUT2D eigenvalue weighted by atomic mass is 16.5. The van der Waals surface area contributed by atoms with Crippen molar-refractivity contribution in [2.24, 2.45) is 0 Å². The minimum atomic E-state index is -0.0864. The van der Waals surface area contributed by atoms with Gasteiger partial charge in [-0.2, -0.15) is 0 Å². The molecule has 2 heterocycles. The Bertz CT molecular complexity index is 1160. The van der Waals surface area contributed by atoms with Crippen LogP contribution in [0.5, 0.6) is 5.75 Å². The van der Waals surface area contributed by atoms with E-state index in [1.165, 1.54) is 0 Å². The summed E-state index contributed by atoms with van der Waals surface area (Å²) < 4.78 is 5.78. The fourth-order valence-corrected chi connectivity index (χ4v) is 3.32. The van der Waals surface area contributed by atoms with Crippen LogP contribution in [0, 0.1) is 6.92 Å². The molecule has 26 heavy (non-hydrogen) atoms. The number of H-pyrrole nitrogens is 2. The van der Waals surface area contributed by atoms with Crippen molar-refractivity contribution in [1.29, 1.82) is 0 Å². The molecule has 6 heteroatoms. The third-order valence-electron chi connectivity index (χ3n) is 4.78. The third-order valence-corrected chi connectivity index (χ3v) is 4.78. The number of aliphatic hydroxyl groups is 1. The van der Waals surface area contributed by atoms with E-state index in [1.807, 2.05) is 44.3 Å². The smallest absolute Gasteiger partial charge is 0.258 e. The van der Waals surface area contributed by atoms with Gasteiger partial charge in [0.05, 0.1) is 17.6 Å². The number of likely N-dealkylation sites (N-methyl/N-ethyl adjacent to an activating group) is 1. The van der Waals surface area contributed by atoms with Gasteiger partial charge in [0.25, 0.3) is 5.56 Å². The molecule has 3 N–H and O–H groups in total. The first kappa shape index (κ1) is 16.6. The molecule has 4 rings (SSSR count). The van der Waals surface area contributed by atoms with Gasteiger partial charge in [0.2, 0.25) is 0 Å². The van der Waals surface area contributed by atoms with E-state index in [9.17, 15) is 4.79 Å². The van der Waals surface area contributed by atoms with Gasteiger partial charge in [-0.25, -0.2) is 0 Å². The Labute approximate surface area is 150 Å². The molecule has 134 valence electrons. The summed E-state index contributed by atoms with van der Waals surface area (Å²) in [6.45, 7) is 3.13. The van der Waals surface area contributed by atoms with Crippen LogP contribution in [0.3, 0.4) is 0 Å². The molecule has 0 amide bonds. The molecule has 6 nitrogen and oxygen atoms in total. The lowest BCUT2D eigenvalue weighted by atomic mass is 10.0. The predicted octanol–water partition coefficient (Wildman–Crippen LogP) is 2.73. The summed E-state index contributed by atoms with van der Waals surface area (Å²) in [5, 5.41) is 12.7. The fourth-order valence-electron chi connectivity index (χ4n) is 3.32. The van der Waals surface area contributed by atoms with E-state index in [0.717, 1.165) is 38.5 Å². The lowest BCUT2D eigenvalue weighted by Gasteiger charge is -2.13. The van der Waals surface area contributed by atoms with Crippen molar-refractivity contribution in [3.8, 4) is 5.75 Å². The molecule has 0 aliphatic rings. The lowest BCUT2D eigenvalue weighted by molar-refractivity contribution is 0.116. The monoisotopic (exact) mass is 351 g/mol. The number of hydrogen-bond donors (Lipinski definition) is 3. The number of nitrogens with one attached hydrogen (secondary N) is 2. The summed E-state index contributed by atoms with van der Waals surface area (Å²) in [6.07, 6.45) is 1.73. The van der Waals surface area contributed by atoms with Crippen LogP contribution >= 0.6 is 0 Å². The second-order valence-corrected chi connectivity index (χ2v) is 6.62. The van der Waals surface area contributed by atoms with Gasteiger partial charge in [-0.15, -0.1) is 0 Å². The van der Waals surface area contributed by atoms with Gasteiger partial charge in [-0.1, -0.05) is 6.07 Å². The first-order valence-corrected chi connectivity index (χ1v) is 8.57. The van der Waals surface area contributed by atoms with Crippen molar-refractivity contribution >= 4 is 32.6 Å². The number of aromatic nitrogens is 2. The molecule has 0 aliphatic carbocycles. The Morgan fingerprint density at radius 2 is 2.04 bits per heavy atom. The molecule has 0 saturated heterocycles. The summed E-state index contributed by atoms with van der Waals surface area (Å²) >= 11 is 0. The Balaban J connectivity index is 1.81. The molecule has 4 aromatic rings. The zero-order valence-corrected chi connectivity index (χ0v) is 14.8. The number of rotatable bonds is 5. The first-order chi connectivity index (χ1) is 12.6. The molecule has 0 aliphatic heterocycles. The van der Waals surface area contributed by atoms with E-state index >= 15 is 0 Å². The number of benzene rings is 2. The quantitative estimate of drug-likeness (QED) is 0.483. The fraction of sp³-hybridized carbons (Fsp3) is 0.250. The molecule has 0 radical (unpaired) electrons. The SMILES string of the molecule is Cc1c[nH]c(=O)c2c1[nH]c1ccc3cc(OCCN(C)CO)ccc3c12. The van der Waals surface area contributed by atoms with Crippen molar-refractivity contribution in [2.75, 3.05) is 26.9 Å². The number of aryl methyl sites for hydroxylation is 1. The van der Waals surface area contributed by atoms with Gasteiger partial charge >= 0.3 is 0 Å². The number of pyridine rings is 1. The molecule has 0 fully saturated rings. The standard InChI is InChI=1S/C20H21N3O3/c1-12-10-21-20(25)18-17-15-5-4-14(26-8-7-23(2)11-24)9-13(15)3-6-16(17)22-19(12)18/h3-6,9-10,22,24H,7-8,11H2,1-2H3,(H,21,25). The zero-order chi connectivity index (χ0) is 18.3. The predicted molar refractivity (Wildman–Crippen MR) is 104 cm³/mol. The van der Waals surface area contributed by atoms with Crippen molar-refractivity contribution in [3.63, 3.8) is 0 Å². The van der Waals surface area contributed by atoms with Gasteiger partial charge in [0.1, 0.15) is 12.4 Å². The van der Waals surface area contributed by atoms with Crippen LogP contribution in [0.25, 0.3) is 32.6 Å². The van der Waals surface area contributed by atoms with E-state index in [4.69, 9.17) is 9.84 Å². The normalized spacial score (nSPS) is 11.8. The molecule has 0 saturated carbocycles. The van der Waals surface area contributed by atoms with Gasteiger partial charge in [0, 0.05) is 23.6 Å². The van der Waals surface area contributed by atoms with Crippen LogP contribution in [0.2, 0.25) is 0 Å². The largest absolute Gasteiger partial charge is 0.492 e.